The van der Waals surface area contributed by atoms with Crippen LogP contribution >= 0.6 is 0 Å². The van der Waals surface area contributed by atoms with Crippen molar-refractivity contribution in [1.82, 2.24) is 0 Å². The van der Waals surface area contributed by atoms with Crippen LogP contribution in [-0.4, -0.2) is 19.6 Å². The average Bonchev–Trinajstić information content (AvgIpc) is 3.45. The molecule has 42 heavy (non-hydrogen) atoms. The first-order valence-corrected chi connectivity index (χ1v) is 13.0. The van der Waals surface area contributed by atoms with E-state index in [9.17, 15) is 39.5 Å². The summed E-state index contributed by atoms with van der Waals surface area (Å²) in [7, 11) is 0. The highest BCUT2D eigenvalue weighted by atomic mass is 19.4. The van der Waals surface area contributed by atoms with Crippen molar-refractivity contribution >= 4 is 0 Å². The first-order valence-electron chi connectivity index (χ1n) is 13.0. The molecule has 0 aromatic heterocycles. The molecule has 0 spiro atoms. The van der Waals surface area contributed by atoms with Crippen molar-refractivity contribution in [2.75, 3.05) is 13.2 Å². The molecule has 4 nitrogen and oxygen atoms in total. The van der Waals surface area contributed by atoms with Crippen molar-refractivity contribution in [3.8, 4) is 22.6 Å². The van der Waals surface area contributed by atoms with Gasteiger partial charge in [0.05, 0.1) is 13.2 Å². The molecule has 0 unspecified atom stereocenters. The van der Waals surface area contributed by atoms with Gasteiger partial charge in [0.15, 0.2) is 17.9 Å². The molecular weight excluding hydrogens is 583 g/mol. The molecule has 0 amide bonds. The Hall–Kier alpha value is -3.45. The standard InChI is InChI=1S/C29H23F9O4/c30-21-9-18(16-5-7-17(8-6-16)27-39-13-19(14-40-27)15-3-1-2-4-15)10-22(31)25(21)28(34,35)41-20-11-23(32)26(24(33)12-20)42-29(36,37)38/h5-12,15,19,27H,1-4,13-14H2. The molecule has 5 rings (SSSR count). The third kappa shape index (κ3) is 6.62. The number of benzene rings is 3. The fraction of sp³-hybridized carbons (Fsp3) is 0.379. The lowest BCUT2D eigenvalue weighted by atomic mass is 9.91. The van der Waals surface area contributed by atoms with Gasteiger partial charge in [-0.3, -0.25) is 0 Å². The summed E-state index contributed by atoms with van der Waals surface area (Å²) in [5, 5.41) is 0. The summed E-state index contributed by atoms with van der Waals surface area (Å²) in [6.45, 7) is 1.10. The van der Waals surface area contributed by atoms with Gasteiger partial charge in [0.1, 0.15) is 22.9 Å². The molecule has 1 heterocycles. The van der Waals surface area contributed by atoms with Crippen molar-refractivity contribution in [2.24, 2.45) is 11.8 Å². The molecule has 0 N–H and O–H groups in total. The molecule has 3 aromatic rings. The summed E-state index contributed by atoms with van der Waals surface area (Å²) in [4.78, 5) is 0. The van der Waals surface area contributed by atoms with Crippen LogP contribution in [0.2, 0.25) is 0 Å². The molecule has 0 atom stereocenters. The molecule has 2 aliphatic rings. The Labute approximate surface area is 233 Å². The van der Waals surface area contributed by atoms with Crippen LogP contribution in [0.5, 0.6) is 11.5 Å². The predicted molar refractivity (Wildman–Crippen MR) is 129 cm³/mol. The molecule has 0 bridgehead atoms. The molecular formula is C29H23F9O4. The number of rotatable bonds is 7. The average molecular weight is 606 g/mol. The summed E-state index contributed by atoms with van der Waals surface area (Å²) in [6, 6.07) is 7.39. The van der Waals surface area contributed by atoms with Crippen LogP contribution in [0.3, 0.4) is 0 Å². The van der Waals surface area contributed by atoms with E-state index in [0.29, 0.717) is 42.7 Å². The summed E-state index contributed by atoms with van der Waals surface area (Å²) < 4.78 is 143. The third-order valence-electron chi connectivity index (χ3n) is 7.27. The van der Waals surface area contributed by atoms with Crippen LogP contribution in [0.15, 0.2) is 48.5 Å². The van der Waals surface area contributed by atoms with Gasteiger partial charge >= 0.3 is 12.5 Å². The van der Waals surface area contributed by atoms with Crippen molar-refractivity contribution < 1.29 is 58.5 Å². The Morgan fingerprint density at radius 3 is 1.71 bits per heavy atom. The smallest absolute Gasteiger partial charge is 0.429 e. The van der Waals surface area contributed by atoms with E-state index in [-0.39, 0.29) is 23.3 Å². The minimum Gasteiger partial charge on any atom is -0.429 e. The van der Waals surface area contributed by atoms with Crippen molar-refractivity contribution in [3.05, 3.63) is 82.9 Å². The number of ether oxygens (including phenoxy) is 4. The Morgan fingerprint density at radius 1 is 0.643 bits per heavy atom. The highest BCUT2D eigenvalue weighted by Gasteiger charge is 2.42. The number of hydrogen-bond donors (Lipinski definition) is 0. The monoisotopic (exact) mass is 606 g/mol. The van der Waals surface area contributed by atoms with E-state index in [0.717, 1.165) is 12.8 Å². The van der Waals surface area contributed by atoms with E-state index >= 15 is 0 Å². The molecule has 226 valence electrons. The molecule has 13 heteroatoms. The maximum atomic E-state index is 14.8. The van der Waals surface area contributed by atoms with Gasteiger partial charge in [-0.05, 0) is 29.2 Å². The Morgan fingerprint density at radius 2 is 1.19 bits per heavy atom. The first-order chi connectivity index (χ1) is 19.8. The zero-order chi connectivity index (χ0) is 30.2. The zero-order valence-corrected chi connectivity index (χ0v) is 21.6. The zero-order valence-electron chi connectivity index (χ0n) is 21.6. The Balaban J connectivity index is 1.29. The van der Waals surface area contributed by atoms with Crippen molar-refractivity contribution in [1.29, 1.82) is 0 Å². The Kier molecular flexibility index (Phi) is 8.35. The lowest BCUT2D eigenvalue weighted by Crippen LogP contribution is -2.31. The van der Waals surface area contributed by atoms with Crippen LogP contribution in [0.1, 0.15) is 43.1 Å². The van der Waals surface area contributed by atoms with Gasteiger partial charge in [-0.2, -0.15) is 8.78 Å². The fourth-order valence-electron chi connectivity index (χ4n) is 5.27. The van der Waals surface area contributed by atoms with E-state index in [1.54, 1.807) is 12.1 Å². The van der Waals surface area contributed by atoms with Gasteiger partial charge < -0.3 is 18.9 Å². The highest BCUT2D eigenvalue weighted by molar-refractivity contribution is 5.64. The Bertz CT molecular complexity index is 1370. The molecule has 1 saturated heterocycles. The van der Waals surface area contributed by atoms with Crippen LogP contribution < -0.4 is 9.47 Å². The van der Waals surface area contributed by atoms with Gasteiger partial charge in [0, 0.05) is 23.6 Å². The number of hydrogen-bond acceptors (Lipinski definition) is 4. The van der Waals surface area contributed by atoms with Gasteiger partial charge in [-0.25, -0.2) is 17.6 Å². The topological polar surface area (TPSA) is 36.9 Å². The second-order valence-electron chi connectivity index (χ2n) is 10.1. The van der Waals surface area contributed by atoms with E-state index in [1.807, 2.05) is 0 Å². The van der Waals surface area contributed by atoms with Gasteiger partial charge in [0.25, 0.3) is 0 Å². The van der Waals surface area contributed by atoms with Crippen LogP contribution in [0.4, 0.5) is 39.5 Å². The minimum absolute atomic E-state index is 0.0432. The molecule has 1 aliphatic heterocycles. The summed E-state index contributed by atoms with van der Waals surface area (Å²) >= 11 is 0. The SMILES string of the molecule is Fc1cc(OC(F)(F)c2c(F)cc(-c3ccc(C4OCC(C5CCCC5)CO4)cc3)cc2F)cc(F)c1OC(F)(F)F. The quantitative estimate of drug-likeness (QED) is 0.252. The highest BCUT2D eigenvalue weighted by Crippen LogP contribution is 2.40. The lowest BCUT2D eigenvalue weighted by molar-refractivity contribution is -0.276. The first kappa shape index (κ1) is 30.0. The predicted octanol–water partition coefficient (Wildman–Crippen LogP) is 8.79. The molecule has 3 aromatic carbocycles. The molecule has 1 aliphatic carbocycles. The largest absolute Gasteiger partial charge is 0.573 e. The lowest BCUT2D eigenvalue weighted by Gasteiger charge is -2.32. The second kappa shape index (κ2) is 11.7. The maximum absolute atomic E-state index is 14.8. The van der Waals surface area contributed by atoms with E-state index in [4.69, 9.17) is 9.47 Å². The second-order valence-corrected chi connectivity index (χ2v) is 10.1. The third-order valence-corrected chi connectivity index (χ3v) is 7.27. The van der Waals surface area contributed by atoms with Crippen molar-refractivity contribution in [2.45, 2.75) is 44.4 Å². The maximum Gasteiger partial charge on any atom is 0.573 e. The van der Waals surface area contributed by atoms with Crippen LogP contribution in [-0.2, 0) is 15.6 Å². The van der Waals surface area contributed by atoms with Gasteiger partial charge in [0.2, 0.25) is 5.75 Å². The minimum atomic E-state index is -5.47. The molecule has 0 radical (unpaired) electrons. The molecule has 2 fully saturated rings. The van der Waals surface area contributed by atoms with Crippen LogP contribution in [0.25, 0.3) is 11.1 Å². The van der Waals surface area contributed by atoms with E-state index < -0.39 is 59.1 Å². The van der Waals surface area contributed by atoms with Crippen LogP contribution in [0, 0.1) is 35.1 Å². The number of halogens is 9. The van der Waals surface area contributed by atoms with Crippen molar-refractivity contribution in [3.63, 3.8) is 0 Å². The fourth-order valence-corrected chi connectivity index (χ4v) is 5.27. The summed E-state index contributed by atoms with van der Waals surface area (Å²) in [5.41, 5.74) is -1.04. The molecule has 1 saturated carbocycles. The summed E-state index contributed by atoms with van der Waals surface area (Å²) in [5.74, 6) is -9.89. The number of alkyl halides is 5. The van der Waals surface area contributed by atoms with Gasteiger partial charge in [-0.1, -0.05) is 49.9 Å². The van der Waals surface area contributed by atoms with E-state index in [1.165, 1.54) is 25.0 Å². The van der Waals surface area contributed by atoms with E-state index in [2.05, 4.69) is 9.47 Å². The van der Waals surface area contributed by atoms with Gasteiger partial charge in [-0.15, -0.1) is 13.2 Å². The summed E-state index contributed by atoms with van der Waals surface area (Å²) in [6.07, 6.45) is -6.18. The normalized spacial score (nSPS) is 20.1.